The Labute approximate surface area is 195 Å². The topological polar surface area (TPSA) is 120 Å². The van der Waals surface area contributed by atoms with E-state index in [1.54, 1.807) is 45.4 Å². The molecule has 2 aromatic rings. The second-order valence-electron chi connectivity index (χ2n) is 7.56. The number of carbonyl (C=O) groups excluding carboxylic acids is 2. The van der Waals surface area contributed by atoms with Crippen LogP contribution in [0.15, 0.2) is 41.9 Å². The van der Waals surface area contributed by atoms with Gasteiger partial charge in [0.15, 0.2) is 0 Å². The van der Waals surface area contributed by atoms with Gasteiger partial charge >= 0.3 is 0 Å². The van der Waals surface area contributed by atoms with E-state index in [1.807, 2.05) is 13.0 Å². The molecule has 174 valence electrons. The van der Waals surface area contributed by atoms with Crippen LogP contribution >= 0.6 is 0 Å². The first-order valence-electron chi connectivity index (χ1n) is 11.0. The van der Waals surface area contributed by atoms with E-state index in [0.717, 1.165) is 35.2 Å². The standard InChI is InChI=1S/C25H32N6O2/c1-6-8-18(21(12-26)13-27-5)9-19-10-20(14-28-16(19)3)25(33)31-23-11-22(15-29-17(23)4)30-24(32)7-2/h9-15,26-27H,6-8H2,1-5H3,(H,30,32)(H,31,33)/b18-9+,21-13+,26-12?. The summed E-state index contributed by atoms with van der Waals surface area (Å²) in [4.78, 5) is 33.3. The minimum absolute atomic E-state index is 0.128. The molecule has 2 amide bonds. The molecule has 0 saturated heterocycles. The van der Waals surface area contributed by atoms with Crippen molar-refractivity contribution >= 4 is 35.5 Å². The van der Waals surface area contributed by atoms with E-state index >= 15 is 0 Å². The fraction of sp³-hybridized carbons (Fsp3) is 0.320. The molecular formula is C25H32N6O2. The first-order valence-corrected chi connectivity index (χ1v) is 11.0. The molecule has 0 radical (unpaired) electrons. The number of anilines is 2. The summed E-state index contributed by atoms with van der Waals surface area (Å²) in [6.07, 6.45) is 10.2. The summed E-state index contributed by atoms with van der Waals surface area (Å²) < 4.78 is 0. The van der Waals surface area contributed by atoms with Crippen LogP contribution in [-0.2, 0) is 4.79 Å². The van der Waals surface area contributed by atoms with E-state index in [2.05, 4.69) is 32.8 Å². The van der Waals surface area contributed by atoms with Crippen LogP contribution in [0.3, 0.4) is 0 Å². The van der Waals surface area contributed by atoms with Crippen molar-refractivity contribution in [3.05, 3.63) is 64.4 Å². The number of nitrogens with one attached hydrogen (secondary N) is 4. The predicted octanol–water partition coefficient (Wildman–Crippen LogP) is 4.63. The van der Waals surface area contributed by atoms with E-state index in [0.29, 0.717) is 29.1 Å². The molecule has 0 aliphatic rings. The maximum atomic E-state index is 13.0. The van der Waals surface area contributed by atoms with E-state index in [-0.39, 0.29) is 11.8 Å². The zero-order chi connectivity index (χ0) is 24.4. The summed E-state index contributed by atoms with van der Waals surface area (Å²) in [6, 6.07) is 3.48. The van der Waals surface area contributed by atoms with E-state index in [9.17, 15) is 9.59 Å². The van der Waals surface area contributed by atoms with Crippen LogP contribution in [-0.4, -0.2) is 35.0 Å². The van der Waals surface area contributed by atoms with Gasteiger partial charge in [0.25, 0.3) is 5.91 Å². The molecule has 0 atom stereocenters. The van der Waals surface area contributed by atoms with Crippen LogP contribution in [0.25, 0.3) is 6.08 Å². The smallest absolute Gasteiger partial charge is 0.257 e. The minimum Gasteiger partial charge on any atom is -0.393 e. The Hall–Kier alpha value is -3.81. The van der Waals surface area contributed by atoms with Gasteiger partial charge in [0.1, 0.15) is 0 Å². The lowest BCUT2D eigenvalue weighted by atomic mass is 9.98. The predicted molar refractivity (Wildman–Crippen MR) is 134 cm³/mol. The van der Waals surface area contributed by atoms with Gasteiger partial charge in [-0.1, -0.05) is 20.3 Å². The van der Waals surface area contributed by atoms with Crippen molar-refractivity contribution in [2.75, 3.05) is 17.7 Å². The summed E-state index contributed by atoms with van der Waals surface area (Å²) in [5.74, 6) is -0.451. The van der Waals surface area contributed by atoms with Gasteiger partial charge in [0, 0.05) is 43.3 Å². The van der Waals surface area contributed by atoms with E-state index < -0.39 is 0 Å². The highest BCUT2D eigenvalue weighted by Gasteiger charge is 2.13. The number of amides is 2. The maximum Gasteiger partial charge on any atom is 0.257 e. The Morgan fingerprint density at radius 1 is 1.06 bits per heavy atom. The maximum absolute atomic E-state index is 13.0. The van der Waals surface area contributed by atoms with Gasteiger partial charge in [-0.15, -0.1) is 0 Å². The van der Waals surface area contributed by atoms with Gasteiger partial charge in [-0.2, -0.15) is 0 Å². The molecular weight excluding hydrogens is 416 g/mol. The molecule has 2 heterocycles. The monoisotopic (exact) mass is 448 g/mol. The van der Waals surface area contributed by atoms with Crippen molar-refractivity contribution in [3.8, 4) is 0 Å². The average molecular weight is 449 g/mol. The number of hydrogen-bond donors (Lipinski definition) is 4. The number of rotatable bonds is 10. The lowest BCUT2D eigenvalue weighted by Crippen LogP contribution is -2.15. The third-order valence-electron chi connectivity index (χ3n) is 5.00. The first-order chi connectivity index (χ1) is 15.8. The first kappa shape index (κ1) is 25.5. The summed E-state index contributed by atoms with van der Waals surface area (Å²) in [5, 5.41) is 16.3. The number of pyridine rings is 2. The van der Waals surface area contributed by atoms with Crippen molar-refractivity contribution in [2.45, 2.75) is 47.0 Å². The highest BCUT2D eigenvalue weighted by atomic mass is 16.2. The number of hydrogen-bond acceptors (Lipinski definition) is 6. The van der Waals surface area contributed by atoms with Gasteiger partial charge < -0.3 is 21.4 Å². The van der Waals surface area contributed by atoms with Crippen LogP contribution in [0.5, 0.6) is 0 Å². The van der Waals surface area contributed by atoms with Crippen molar-refractivity contribution in [3.63, 3.8) is 0 Å². The van der Waals surface area contributed by atoms with Crippen molar-refractivity contribution in [2.24, 2.45) is 0 Å². The molecule has 33 heavy (non-hydrogen) atoms. The molecule has 2 aromatic heterocycles. The molecule has 0 spiro atoms. The van der Waals surface area contributed by atoms with Crippen molar-refractivity contribution < 1.29 is 9.59 Å². The molecule has 0 aliphatic heterocycles. The third-order valence-corrected chi connectivity index (χ3v) is 5.00. The van der Waals surface area contributed by atoms with Crippen molar-refractivity contribution in [1.82, 2.24) is 15.3 Å². The van der Waals surface area contributed by atoms with Crippen LogP contribution in [0.4, 0.5) is 11.4 Å². The lowest BCUT2D eigenvalue weighted by Gasteiger charge is -2.12. The van der Waals surface area contributed by atoms with Gasteiger partial charge in [0.2, 0.25) is 5.91 Å². The molecule has 8 heteroatoms. The van der Waals surface area contributed by atoms with Crippen LogP contribution in [0.1, 0.15) is 60.4 Å². The van der Waals surface area contributed by atoms with Gasteiger partial charge in [0.05, 0.1) is 28.8 Å². The van der Waals surface area contributed by atoms with E-state index in [1.165, 1.54) is 12.4 Å². The second-order valence-corrected chi connectivity index (χ2v) is 7.56. The zero-order valence-electron chi connectivity index (χ0n) is 19.9. The number of aryl methyl sites for hydroxylation is 2. The largest absolute Gasteiger partial charge is 0.393 e. The third kappa shape index (κ3) is 7.10. The van der Waals surface area contributed by atoms with Crippen LogP contribution < -0.4 is 16.0 Å². The number of aromatic nitrogens is 2. The molecule has 0 bridgehead atoms. The zero-order valence-corrected chi connectivity index (χ0v) is 19.9. The molecule has 0 aliphatic carbocycles. The Balaban J connectivity index is 2.36. The fourth-order valence-electron chi connectivity index (χ4n) is 3.13. The van der Waals surface area contributed by atoms with Gasteiger partial charge in [-0.3, -0.25) is 19.6 Å². The molecule has 0 aromatic carbocycles. The molecule has 8 nitrogen and oxygen atoms in total. The minimum atomic E-state index is -0.323. The van der Waals surface area contributed by atoms with Crippen LogP contribution in [0.2, 0.25) is 0 Å². The summed E-state index contributed by atoms with van der Waals surface area (Å²) in [5.41, 5.74) is 5.44. The van der Waals surface area contributed by atoms with Crippen LogP contribution in [0, 0.1) is 19.3 Å². The fourth-order valence-corrected chi connectivity index (χ4v) is 3.13. The number of carbonyl (C=O) groups is 2. The number of allylic oxidation sites excluding steroid dienone is 2. The molecule has 2 rings (SSSR count). The molecule has 0 saturated carbocycles. The molecule has 4 N–H and O–H groups in total. The Kier molecular flexibility index (Phi) is 9.47. The highest BCUT2D eigenvalue weighted by molar-refractivity contribution is 6.05. The number of nitrogens with zero attached hydrogens (tertiary/aromatic N) is 2. The Morgan fingerprint density at radius 3 is 2.42 bits per heavy atom. The van der Waals surface area contributed by atoms with Crippen molar-refractivity contribution in [1.29, 1.82) is 5.41 Å². The lowest BCUT2D eigenvalue weighted by molar-refractivity contribution is -0.115. The summed E-state index contributed by atoms with van der Waals surface area (Å²) in [6.45, 7) is 7.52. The highest BCUT2D eigenvalue weighted by Crippen LogP contribution is 2.22. The molecule has 0 unspecified atom stereocenters. The normalized spacial score (nSPS) is 11.7. The second kappa shape index (κ2) is 12.3. The SMILES string of the molecule is CCCC(=C\c1cc(C(=O)Nc2cc(NC(=O)CC)cnc2C)cnc1C)/C(C=N)=C/NC. The Bertz CT molecular complexity index is 1090. The Morgan fingerprint density at radius 2 is 1.79 bits per heavy atom. The average Bonchev–Trinajstić information content (AvgIpc) is 2.80. The van der Waals surface area contributed by atoms with Gasteiger partial charge in [-0.05, 0) is 49.6 Å². The van der Waals surface area contributed by atoms with E-state index in [4.69, 9.17) is 5.41 Å². The summed E-state index contributed by atoms with van der Waals surface area (Å²) in [7, 11) is 1.80. The van der Waals surface area contributed by atoms with Gasteiger partial charge in [-0.25, -0.2) is 0 Å². The molecule has 0 fully saturated rings. The quantitative estimate of drug-likeness (QED) is 0.312. The summed E-state index contributed by atoms with van der Waals surface area (Å²) >= 11 is 0.